The summed E-state index contributed by atoms with van der Waals surface area (Å²) in [5.41, 5.74) is 0.873. The monoisotopic (exact) mass is 421 g/mol. The van der Waals surface area contributed by atoms with E-state index >= 15 is 0 Å². The fourth-order valence-electron chi connectivity index (χ4n) is 2.27. The number of aromatic nitrogens is 1. The van der Waals surface area contributed by atoms with Crippen LogP contribution in [0.3, 0.4) is 0 Å². The molecular formula is C18H13Cl2N3O3S. The number of amides is 1. The van der Waals surface area contributed by atoms with Crippen molar-refractivity contribution in [2.24, 2.45) is 0 Å². The van der Waals surface area contributed by atoms with Crippen LogP contribution in [-0.4, -0.2) is 19.3 Å². The molecule has 1 amide bonds. The lowest BCUT2D eigenvalue weighted by Crippen LogP contribution is -2.17. The minimum Gasteiger partial charge on any atom is -0.320 e. The summed E-state index contributed by atoms with van der Waals surface area (Å²) in [7, 11) is -4.02. The zero-order valence-electron chi connectivity index (χ0n) is 13.7. The third-order valence-electron chi connectivity index (χ3n) is 3.57. The Morgan fingerprint density at radius 3 is 2.26 bits per heavy atom. The topological polar surface area (TPSA) is 88.2 Å². The van der Waals surface area contributed by atoms with Crippen LogP contribution in [0, 0.1) is 0 Å². The van der Waals surface area contributed by atoms with E-state index in [1.807, 2.05) is 0 Å². The Labute approximate surface area is 166 Å². The van der Waals surface area contributed by atoms with E-state index < -0.39 is 15.9 Å². The molecule has 0 saturated carbocycles. The molecule has 1 heterocycles. The fraction of sp³-hybridized carbons (Fsp3) is 0. The normalized spacial score (nSPS) is 11.0. The minimum atomic E-state index is -4.02. The highest BCUT2D eigenvalue weighted by Gasteiger charge is 2.21. The number of carbonyl (C=O) groups excluding carboxylic acids is 1. The number of hydrogen-bond donors (Lipinski definition) is 2. The second-order valence-corrected chi connectivity index (χ2v) is 7.83. The highest BCUT2D eigenvalue weighted by Crippen LogP contribution is 2.31. The first-order chi connectivity index (χ1) is 12.9. The van der Waals surface area contributed by atoms with Gasteiger partial charge >= 0.3 is 0 Å². The molecule has 138 valence electrons. The van der Waals surface area contributed by atoms with Crippen molar-refractivity contribution in [3.05, 3.63) is 82.6 Å². The average molecular weight is 422 g/mol. The number of anilines is 2. The molecule has 9 heteroatoms. The van der Waals surface area contributed by atoms with Gasteiger partial charge in [-0.1, -0.05) is 41.4 Å². The number of halogens is 2. The number of nitrogens with zero attached hydrogens (tertiary/aromatic N) is 1. The first-order valence-corrected chi connectivity index (χ1v) is 9.89. The van der Waals surface area contributed by atoms with Crippen molar-refractivity contribution in [3.63, 3.8) is 0 Å². The number of hydrogen-bond acceptors (Lipinski definition) is 4. The number of carbonyl (C=O) groups is 1. The first kappa shape index (κ1) is 19.2. The van der Waals surface area contributed by atoms with Crippen LogP contribution in [-0.2, 0) is 10.0 Å². The van der Waals surface area contributed by atoms with Crippen LogP contribution in [0.1, 0.15) is 10.4 Å². The van der Waals surface area contributed by atoms with Crippen molar-refractivity contribution < 1.29 is 13.2 Å². The molecule has 0 aliphatic carbocycles. The molecule has 0 unspecified atom stereocenters. The van der Waals surface area contributed by atoms with Gasteiger partial charge in [-0.3, -0.25) is 14.5 Å². The van der Waals surface area contributed by atoms with E-state index in [0.717, 1.165) is 0 Å². The number of sulfonamides is 1. The summed E-state index contributed by atoms with van der Waals surface area (Å²) in [6, 6.07) is 13.8. The van der Waals surface area contributed by atoms with E-state index in [9.17, 15) is 13.2 Å². The van der Waals surface area contributed by atoms with E-state index in [0.29, 0.717) is 11.3 Å². The number of rotatable bonds is 5. The van der Waals surface area contributed by atoms with Crippen LogP contribution < -0.4 is 10.0 Å². The molecule has 0 bridgehead atoms. The molecule has 0 aliphatic rings. The molecule has 6 nitrogen and oxygen atoms in total. The van der Waals surface area contributed by atoms with Gasteiger partial charge in [-0.2, -0.15) is 0 Å². The minimum absolute atomic E-state index is 0.0787. The first-order valence-electron chi connectivity index (χ1n) is 7.66. The SMILES string of the molecule is O=C(Nc1ccccc1NS(=O)(=O)c1cccc(Cl)c1Cl)c1ccncc1. The molecule has 3 rings (SSSR count). The van der Waals surface area contributed by atoms with Gasteiger partial charge in [-0.05, 0) is 36.4 Å². The van der Waals surface area contributed by atoms with Crippen molar-refractivity contribution in [1.29, 1.82) is 0 Å². The van der Waals surface area contributed by atoms with Gasteiger partial charge in [-0.15, -0.1) is 0 Å². The Hall–Kier alpha value is -2.61. The standard InChI is InChI=1S/C18H13Cl2N3O3S/c19-13-4-3-7-16(17(13)20)27(25,26)23-15-6-2-1-5-14(15)22-18(24)12-8-10-21-11-9-12/h1-11,23H,(H,22,24). The quantitative estimate of drug-likeness (QED) is 0.636. The Kier molecular flexibility index (Phi) is 5.65. The van der Waals surface area contributed by atoms with E-state index in [1.165, 1.54) is 36.7 Å². The maximum Gasteiger partial charge on any atom is 0.263 e. The van der Waals surface area contributed by atoms with Crippen molar-refractivity contribution in [3.8, 4) is 0 Å². The summed E-state index contributed by atoms with van der Waals surface area (Å²) < 4.78 is 27.8. The summed E-state index contributed by atoms with van der Waals surface area (Å²) in [4.78, 5) is 16.0. The number of para-hydroxylation sites is 2. The Morgan fingerprint density at radius 1 is 0.889 bits per heavy atom. The molecule has 0 saturated heterocycles. The molecule has 0 fully saturated rings. The molecule has 1 aromatic heterocycles. The largest absolute Gasteiger partial charge is 0.320 e. The molecule has 0 radical (unpaired) electrons. The molecule has 27 heavy (non-hydrogen) atoms. The number of benzene rings is 2. The summed E-state index contributed by atoms with van der Waals surface area (Å²) in [6.07, 6.45) is 2.98. The van der Waals surface area contributed by atoms with Crippen LogP contribution in [0.4, 0.5) is 11.4 Å². The maximum atomic E-state index is 12.7. The third kappa shape index (κ3) is 4.39. The lowest BCUT2D eigenvalue weighted by atomic mass is 10.2. The van der Waals surface area contributed by atoms with Gasteiger partial charge in [-0.25, -0.2) is 8.42 Å². The van der Waals surface area contributed by atoms with Crippen molar-refractivity contribution in [2.45, 2.75) is 4.90 Å². The smallest absolute Gasteiger partial charge is 0.263 e. The van der Waals surface area contributed by atoms with Crippen molar-refractivity contribution >= 4 is 50.5 Å². The predicted molar refractivity (Wildman–Crippen MR) is 106 cm³/mol. The molecular weight excluding hydrogens is 409 g/mol. The molecule has 2 N–H and O–H groups in total. The fourth-order valence-corrected chi connectivity index (χ4v) is 4.11. The highest BCUT2D eigenvalue weighted by molar-refractivity contribution is 7.92. The molecule has 0 aliphatic heterocycles. The van der Waals surface area contributed by atoms with E-state index in [4.69, 9.17) is 23.2 Å². The van der Waals surface area contributed by atoms with Crippen molar-refractivity contribution in [2.75, 3.05) is 10.0 Å². The van der Waals surface area contributed by atoms with Gasteiger partial charge < -0.3 is 5.32 Å². The highest BCUT2D eigenvalue weighted by atomic mass is 35.5. The van der Waals surface area contributed by atoms with Crippen LogP contribution in [0.15, 0.2) is 71.9 Å². The van der Waals surface area contributed by atoms with Gasteiger partial charge in [0.2, 0.25) is 0 Å². The zero-order chi connectivity index (χ0) is 19.4. The molecule has 3 aromatic rings. The van der Waals surface area contributed by atoms with Gasteiger partial charge in [0.15, 0.2) is 0 Å². The Bertz CT molecular complexity index is 1090. The third-order valence-corrected chi connectivity index (χ3v) is 5.91. The van der Waals surface area contributed by atoms with Crippen LogP contribution in [0.5, 0.6) is 0 Å². The molecule has 2 aromatic carbocycles. The van der Waals surface area contributed by atoms with Gasteiger partial charge in [0.1, 0.15) is 4.90 Å². The van der Waals surface area contributed by atoms with E-state index in [2.05, 4.69) is 15.0 Å². The second kappa shape index (κ2) is 7.96. The summed E-state index contributed by atoms with van der Waals surface area (Å²) >= 11 is 11.9. The Morgan fingerprint density at radius 2 is 1.56 bits per heavy atom. The lowest BCUT2D eigenvalue weighted by Gasteiger charge is -2.14. The van der Waals surface area contributed by atoms with Crippen LogP contribution >= 0.6 is 23.2 Å². The zero-order valence-corrected chi connectivity index (χ0v) is 16.0. The maximum absolute atomic E-state index is 12.7. The Balaban J connectivity index is 1.90. The summed E-state index contributed by atoms with van der Waals surface area (Å²) in [6.45, 7) is 0. The van der Waals surface area contributed by atoms with Gasteiger partial charge in [0.25, 0.3) is 15.9 Å². The van der Waals surface area contributed by atoms with Crippen molar-refractivity contribution in [1.82, 2.24) is 4.98 Å². The number of pyridine rings is 1. The summed E-state index contributed by atoms with van der Waals surface area (Å²) in [5, 5.41) is 2.72. The van der Waals surface area contributed by atoms with Gasteiger partial charge in [0, 0.05) is 18.0 Å². The molecule has 0 spiro atoms. The average Bonchev–Trinajstić information content (AvgIpc) is 2.66. The van der Waals surface area contributed by atoms with E-state index in [1.54, 1.807) is 30.3 Å². The summed E-state index contributed by atoms with van der Waals surface area (Å²) in [5.74, 6) is -0.398. The predicted octanol–water partition coefficient (Wildman–Crippen LogP) is 4.44. The lowest BCUT2D eigenvalue weighted by molar-refractivity contribution is 0.102. The number of nitrogens with one attached hydrogen (secondary N) is 2. The molecule has 0 atom stereocenters. The van der Waals surface area contributed by atoms with Gasteiger partial charge in [0.05, 0.1) is 21.4 Å². The second-order valence-electron chi connectivity index (χ2n) is 5.39. The van der Waals surface area contributed by atoms with Crippen LogP contribution in [0.2, 0.25) is 10.0 Å². The van der Waals surface area contributed by atoms with Crippen LogP contribution in [0.25, 0.3) is 0 Å². The van der Waals surface area contributed by atoms with E-state index in [-0.39, 0.29) is 20.6 Å².